The summed E-state index contributed by atoms with van der Waals surface area (Å²) in [5.41, 5.74) is 4.21. The van der Waals surface area contributed by atoms with E-state index in [1.807, 2.05) is 0 Å². The number of hydrogen-bond donors (Lipinski definition) is 1. The van der Waals surface area contributed by atoms with Gasteiger partial charge in [0, 0.05) is 18.6 Å². The largest absolute Gasteiger partial charge is 0.310 e. The standard InChI is InChI=1S/C19H32N2/c1-5-10-21(18-7-8-18)11-9-19(20-6-2)17-13-15(3)12-16(4)14-17/h12-14,18-20H,5-11H2,1-4H3. The van der Waals surface area contributed by atoms with Gasteiger partial charge in [0.1, 0.15) is 0 Å². The molecule has 1 fully saturated rings. The molecule has 1 aliphatic carbocycles. The fraction of sp³-hybridized carbons (Fsp3) is 0.684. The van der Waals surface area contributed by atoms with Crippen molar-refractivity contribution in [2.45, 2.75) is 65.5 Å². The second kappa shape index (κ2) is 7.95. The quantitative estimate of drug-likeness (QED) is 0.732. The summed E-state index contributed by atoms with van der Waals surface area (Å²) < 4.78 is 0. The minimum absolute atomic E-state index is 0.492. The van der Waals surface area contributed by atoms with Gasteiger partial charge in [-0.3, -0.25) is 0 Å². The van der Waals surface area contributed by atoms with Crippen molar-refractivity contribution in [2.75, 3.05) is 19.6 Å². The number of nitrogens with one attached hydrogen (secondary N) is 1. The SMILES string of the molecule is CCCN(CCC(NCC)c1cc(C)cc(C)c1)C1CC1. The highest BCUT2D eigenvalue weighted by Gasteiger charge is 2.28. The molecule has 2 rings (SSSR count). The van der Waals surface area contributed by atoms with E-state index in [2.05, 4.69) is 56.1 Å². The topological polar surface area (TPSA) is 15.3 Å². The van der Waals surface area contributed by atoms with Gasteiger partial charge in [0.25, 0.3) is 0 Å². The molecule has 2 heteroatoms. The average molecular weight is 288 g/mol. The minimum atomic E-state index is 0.492. The Bertz CT molecular complexity index is 417. The molecule has 1 aromatic rings. The van der Waals surface area contributed by atoms with Crippen molar-refractivity contribution in [1.29, 1.82) is 0 Å². The molecule has 0 aliphatic heterocycles. The van der Waals surface area contributed by atoms with E-state index in [-0.39, 0.29) is 0 Å². The van der Waals surface area contributed by atoms with E-state index in [9.17, 15) is 0 Å². The first kappa shape index (κ1) is 16.5. The summed E-state index contributed by atoms with van der Waals surface area (Å²) in [6.45, 7) is 12.4. The molecule has 1 saturated carbocycles. The molecule has 0 heterocycles. The lowest BCUT2D eigenvalue weighted by molar-refractivity contribution is 0.247. The van der Waals surface area contributed by atoms with E-state index < -0.39 is 0 Å². The highest BCUT2D eigenvalue weighted by Crippen LogP contribution is 2.28. The van der Waals surface area contributed by atoms with Crippen LogP contribution >= 0.6 is 0 Å². The predicted molar refractivity (Wildman–Crippen MR) is 91.8 cm³/mol. The summed E-state index contributed by atoms with van der Waals surface area (Å²) in [6.07, 6.45) is 5.31. The number of rotatable bonds is 9. The Labute approximate surface area is 130 Å². The van der Waals surface area contributed by atoms with Crippen LogP contribution in [0.2, 0.25) is 0 Å². The second-order valence-corrected chi connectivity index (χ2v) is 6.59. The van der Waals surface area contributed by atoms with Crippen LogP contribution in [0.1, 0.15) is 62.3 Å². The fourth-order valence-electron chi connectivity index (χ4n) is 3.34. The molecule has 0 bridgehead atoms. The summed E-state index contributed by atoms with van der Waals surface area (Å²) in [6, 6.07) is 8.33. The van der Waals surface area contributed by atoms with Crippen molar-refractivity contribution in [1.82, 2.24) is 10.2 Å². The van der Waals surface area contributed by atoms with Crippen LogP contribution in [0.25, 0.3) is 0 Å². The minimum Gasteiger partial charge on any atom is -0.310 e. The zero-order chi connectivity index (χ0) is 15.2. The summed E-state index contributed by atoms with van der Waals surface area (Å²) in [5, 5.41) is 3.68. The van der Waals surface area contributed by atoms with E-state index in [1.165, 1.54) is 55.5 Å². The molecule has 0 spiro atoms. The highest BCUT2D eigenvalue weighted by atomic mass is 15.2. The molecule has 118 valence electrons. The van der Waals surface area contributed by atoms with E-state index >= 15 is 0 Å². The lowest BCUT2D eigenvalue weighted by atomic mass is 9.98. The van der Waals surface area contributed by atoms with Gasteiger partial charge in [-0.25, -0.2) is 0 Å². The lowest BCUT2D eigenvalue weighted by Crippen LogP contribution is -2.31. The Hall–Kier alpha value is -0.860. The van der Waals surface area contributed by atoms with Gasteiger partial charge in [0.15, 0.2) is 0 Å². The fourth-order valence-corrected chi connectivity index (χ4v) is 3.34. The lowest BCUT2D eigenvalue weighted by Gasteiger charge is -2.26. The van der Waals surface area contributed by atoms with E-state index in [0.717, 1.165) is 12.6 Å². The van der Waals surface area contributed by atoms with Crippen LogP contribution in [-0.2, 0) is 0 Å². The maximum atomic E-state index is 3.68. The van der Waals surface area contributed by atoms with Gasteiger partial charge in [-0.1, -0.05) is 43.2 Å². The molecule has 2 nitrogen and oxygen atoms in total. The summed E-state index contributed by atoms with van der Waals surface area (Å²) in [5.74, 6) is 0. The molecule has 0 radical (unpaired) electrons. The van der Waals surface area contributed by atoms with Crippen LogP contribution < -0.4 is 5.32 Å². The Kier molecular flexibility index (Phi) is 6.25. The first-order valence-electron chi connectivity index (χ1n) is 8.69. The Morgan fingerprint density at radius 2 is 1.76 bits per heavy atom. The maximum absolute atomic E-state index is 3.68. The smallest absolute Gasteiger partial charge is 0.0332 e. The maximum Gasteiger partial charge on any atom is 0.0332 e. The van der Waals surface area contributed by atoms with Crippen molar-refractivity contribution in [2.24, 2.45) is 0 Å². The molecule has 1 atom stereocenters. The third-order valence-corrected chi connectivity index (χ3v) is 4.38. The number of hydrogen-bond acceptors (Lipinski definition) is 2. The van der Waals surface area contributed by atoms with Gasteiger partial charge in [0.05, 0.1) is 0 Å². The average Bonchev–Trinajstić information content (AvgIpc) is 3.25. The van der Waals surface area contributed by atoms with E-state index in [0.29, 0.717) is 6.04 Å². The molecule has 0 saturated heterocycles. The van der Waals surface area contributed by atoms with Crippen LogP contribution in [0, 0.1) is 13.8 Å². The highest BCUT2D eigenvalue weighted by molar-refractivity contribution is 5.30. The molecular formula is C19H32N2. The van der Waals surface area contributed by atoms with Crippen LogP contribution in [0.15, 0.2) is 18.2 Å². The van der Waals surface area contributed by atoms with Crippen molar-refractivity contribution < 1.29 is 0 Å². The van der Waals surface area contributed by atoms with E-state index in [4.69, 9.17) is 0 Å². The summed E-state index contributed by atoms with van der Waals surface area (Å²) in [7, 11) is 0. The van der Waals surface area contributed by atoms with E-state index in [1.54, 1.807) is 0 Å². The van der Waals surface area contributed by atoms with Crippen LogP contribution in [0.4, 0.5) is 0 Å². The van der Waals surface area contributed by atoms with Crippen LogP contribution in [0.3, 0.4) is 0 Å². The Balaban J connectivity index is 2.00. The Morgan fingerprint density at radius 1 is 1.10 bits per heavy atom. The number of benzene rings is 1. The summed E-state index contributed by atoms with van der Waals surface area (Å²) in [4.78, 5) is 2.70. The molecule has 0 amide bonds. The van der Waals surface area contributed by atoms with Crippen molar-refractivity contribution in [3.63, 3.8) is 0 Å². The number of aryl methyl sites for hydroxylation is 2. The normalized spacial score (nSPS) is 16.4. The molecule has 1 unspecified atom stereocenters. The molecule has 1 aromatic carbocycles. The van der Waals surface area contributed by atoms with Gasteiger partial charge in [-0.15, -0.1) is 0 Å². The van der Waals surface area contributed by atoms with Crippen molar-refractivity contribution >= 4 is 0 Å². The van der Waals surface area contributed by atoms with Gasteiger partial charge < -0.3 is 10.2 Å². The summed E-state index contributed by atoms with van der Waals surface area (Å²) >= 11 is 0. The predicted octanol–water partition coefficient (Wildman–Crippen LogP) is 4.22. The first-order valence-corrected chi connectivity index (χ1v) is 8.69. The first-order chi connectivity index (χ1) is 10.1. The molecule has 1 aliphatic rings. The van der Waals surface area contributed by atoms with Crippen molar-refractivity contribution in [3.8, 4) is 0 Å². The third kappa shape index (κ3) is 5.12. The van der Waals surface area contributed by atoms with Crippen molar-refractivity contribution in [3.05, 3.63) is 34.9 Å². The zero-order valence-corrected chi connectivity index (χ0v) is 14.3. The molecular weight excluding hydrogens is 256 g/mol. The van der Waals surface area contributed by atoms with Crippen LogP contribution in [0.5, 0.6) is 0 Å². The van der Waals surface area contributed by atoms with Gasteiger partial charge in [-0.05, 0) is 58.2 Å². The monoisotopic (exact) mass is 288 g/mol. The molecule has 21 heavy (non-hydrogen) atoms. The number of nitrogens with zero attached hydrogens (tertiary/aromatic N) is 1. The second-order valence-electron chi connectivity index (χ2n) is 6.59. The Morgan fingerprint density at radius 3 is 2.29 bits per heavy atom. The molecule has 1 N–H and O–H groups in total. The van der Waals surface area contributed by atoms with Gasteiger partial charge in [0.2, 0.25) is 0 Å². The third-order valence-electron chi connectivity index (χ3n) is 4.38. The zero-order valence-electron chi connectivity index (χ0n) is 14.3. The van der Waals surface area contributed by atoms with Crippen LogP contribution in [-0.4, -0.2) is 30.6 Å². The van der Waals surface area contributed by atoms with Gasteiger partial charge >= 0.3 is 0 Å². The molecule has 0 aromatic heterocycles. The van der Waals surface area contributed by atoms with Gasteiger partial charge in [-0.2, -0.15) is 0 Å².